The van der Waals surface area contributed by atoms with E-state index in [1.807, 2.05) is 37.3 Å². The van der Waals surface area contributed by atoms with Gasteiger partial charge < -0.3 is 10.4 Å². The van der Waals surface area contributed by atoms with Crippen LogP contribution in [0.2, 0.25) is 0 Å². The van der Waals surface area contributed by atoms with Gasteiger partial charge in [0.2, 0.25) is 0 Å². The zero-order valence-corrected chi connectivity index (χ0v) is 11.5. The summed E-state index contributed by atoms with van der Waals surface area (Å²) >= 11 is 0. The molecule has 0 aliphatic carbocycles. The van der Waals surface area contributed by atoms with Gasteiger partial charge >= 0.3 is 0 Å². The van der Waals surface area contributed by atoms with Gasteiger partial charge in [-0.15, -0.1) is 0 Å². The molecular weight excluding hydrogens is 279 g/mol. The Morgan fingerprint density at radius 3 is 2.10 bits per heavy atom. The molecule has 0 radical (unpaired) electrons. The summed E-state index contributed by atoms with van der Waals surface area (Å²) in [7, 11) is 0. The molecule has 2 atom stereocenters. The van der Waals surface area contributed by atoms with Crippen molar-refractivity contribution in [2.24, 2.45) is 0 Å². The van der Waals surface area contributed by atoms with Gasteiger partial charge in [0.05, 0.1) is 12.6 Å². The topological polar surface area (TPSA) is 32.3 Å². The lowest BCUT2D eigenvalue weighted by atomic mass is 10.0. The first kappa shape index (κ1) is 15.5. The molecule has 0 saturated heterocycles. The van der Waals surface area contributed by atoms with Crippen molar-refractivity contribution in [1.29, 1.82) is 0 Å². The number of nitrogens with one attached hydrogen (secondary N) is 1. The molecule has 2 N–H and O–H groups in total. The standard InChI is InChI=1S/C16H16F3NO/c1-10(11-5-3-2-4-6-11)20-15(9-21)12-7-13(17)16(19)14(18)8-12/h2-8,10,15,20-21H,9H2,1H3. The molecule has 21 heavy (non-hydrogen) atoms. The van der Waals surface area contributed by atoms with E-state index in [0.29, 0.717) is 0 Å². The highest BCUT2D eigenvalue weighted by molar-refractivity contribution is 5.24. The van der Waals surface area contributed by atoms with Crippen LogP contribution in [0.15, 0.2) is 42.5 Å². The first-order chi connectivity index (χ1) is 10.0. The van der Waals surface area contributed by atoms with Crippen LogP contribution < -0.4 is 5.32 Å². The number of aliphatic hydroxyl groups excluding tert-OH is 1. The maximum Gasteiger partial charge on any atom is 0.194 e. The summed E-state index contributed by atoms with van der Waals surface area (Å²) in [4.78, 5) is 0. The van der Waals surface area contributed by atoms with E-state index >= 15 is 0 Å². The summed E-state index contributed by atoms with van der Waals surface area (Å²) in [6.45, 7) is 1.51. The van der Waals surface area contributed by atoms with Gasteiger partial charge in [0.25, 0.3) is 0 Å². The molecule has 0 aromatic heterocycles. The number of halogens is 3. The van der Waals surface area contributed by atoms with E-state index in [1.54, 1.807) is 0 Å². The fraction of sp³-hybridized carbons (Fsp3) is 0.250. The van der Waals surface area contributed by atoms with Crippen LogP contribution in [0.5, 0.6) is 0 Å². The van der Waals surface area contributed by atoms with Crippen molar-refractivity contribution in [3.8, 4) is 0 Å². The molecule has 0 fully saturated rings. The van der Waals surface area contributed by atoms with Gasteiger partial charge in [-0.1, -0.05) is 30.3 Å². The third-order valence-electron chi connectivity index (χ3n) is 3.34. The predicted molar refractivity (Wildman–Crippen MR) is 74.1 cm³/mol. The molecule has 2 unspecified atom stereocenters. The molecule has 0 heterocycles. The second-order valence-corrected chi connectivity index (χ2v) is 4.83. The van der Waals surface area contributed by atoms with Crippen molar-refractivity contribution in [3.05, 3.63) is 71.0 Å². The van der Waals surface area contributed by atoms with Crippen molar-refractivity contribution >= 4 is 0 Å². The number of hydrogen-bond donors (Lipinski definition) is 2. The SMILES string of the molecule is CC(NC(CO)c1cc(F)c(F)c(F)c1)c1ccccc1. The van der Waals surface area contributed by atoms with Crippen LogP contribution in [0, 0.1) is 17.5 Å². The van der Waals surface area contributed by atoms with E-state index in [0.717, 1.165) is 17.7 Å². The predicted octanol–water partition coefficient (Wildman–Crippen LogP) is 3.49. The summed E-state index contributed by atoms with van der Waals surface area (Å²) in [5, 5.41) is 12.5. The average molecular weight is 295 g/mol. The van der Waals surface area contributed by atoms with E-state index in [2.05, 4.69) is 5.32 Å². The van der Waals surface area contributed by atoms with Gasteiger partial charge in [-0.05, 0) is 30.2 Å². The number of benzene rings is 2. The second-order valence-electron chi connectivity index (χ2n) is 4.83. The summed E-state index contributed by atoms with van der Waals surface area (Å²) in [6.07, 6.45) is 0. The van der Waals surface area contributed by atoms with Crippen LogP contribution >= 0.6 is 0 Å². The van der Waals surface area contributed by atoms with Crippen LogP contribution in [0.4, 0.5) is 13.2 Å². The largest absolute Gasteiger partial charge is 0.394 e. The van der Waals surface area contributed by atoms with Crippen molar-refractivity contribution in [2.75, 3.05) is 6.61 Å². The maximum atomic E-state index is 13.3. The molecule has 112 valence electrons. The van der Waals surface area contributed by atoms with Crippen LogP contribution in [0.3, 0.4) is 0 Å². The van der Waals surface area contributed by atoms with Gasteiger partial charge in [0.15, 0.2) is 17.5 Å². The Morgan fingerprint density at radius 2 is 1.57 bits per heavy atom. The second kappa shape index (κ2) is 6.74. The summed E-state index contributed by atoms with van der Waals surface area (Å²) in [6, 6.07) is 10.4. The first-order valence-corrected chi connectivity index (χ1v) is 6.59. The van der Waals surface area contributed by atoms with Gasteiger partial charge in [-0.3, -0.25) is 0 Å². The Kier molecular flexibility index (Phi) is 4.98. The Balaban J connectivity index is 2.20. The van der Waals surface area contributed by atoms with Crippen molar-refractivity contribution in [1.82, 2.24) is 5.32 Å². The molecule has 2 aromatic rings. The van der Waals surface area contributed by atoms with Gasteiger partial charge in [0.1, 0.15) is 0 Å². The smallest absolute Gasteiger partial charge is 0.194 e. The Morgan fingerprint density at radius 1 is 1.00 bits per heavy atom. The minimum atomic E-state index is -1.51. The van der Waals surface area contributed by atoms with Crippen LogP contribution in [0.1, 0.15) is 30.1 Å². The average Bonchev–Trinajstić information content (AvgIpc) is 2.50. The van der Waals surface area contributed by atoms with Crippen molar-refractivity contribution < 1.29 is 18.3 Å². The third-order valence-corrected chi connectivity index (χ3v) is 3.34. The minimum absolute atomic E-state index is 0.139. The van der Waals surface area contributed by atoms with E-state index in [1.165, 1.54) is 0 Å². The monoisotopic (exact) mass is 295 g/mol. The van der Waals surface area contributed by atoms with E-state index in [4.69, 9.17) is 0 Å². The zero-order valence-electron chi connectivity index (χ0n) is 11.5. The molecule has 0 aliphatic heterocycles. The lowest BCUT2D eigenvalue weighted by Gasteiger charge is -2.22. The zero-order chi connectivity index (χ0) is 15.4. The maximum absolute atomic E-state index is 13.3. The highest BCUT2D eigenvalue weighted by atomic mass is 19.2. The Hall–Kier alpha value is -1.85. The highest BCUT2D eigenvalue weighted by Crippen LogP contribution is 2.22. The van der Waals surface area contributed by atoms with Gasteiger partial charge in [-0.25, -0.2) is 13.2 Å². The lowest BCUT2D eigenvalue weighted by molar-refractivity contribution is 0.234. The molecule has 0 spiro atoms. The van der Waals surface area contributed by atoms with E-state index in [9.17, 15) is 18.3 Å². The van der Waals surface area contributed by atoms with E-state index in [-0.39, 0.29) is 18.2 Å². The Bertz CT molecular complexity index is 581. The third kappa shape index (κ3) is 3.62. The van der Waals surface area contributed by atoms with Crippen LogP contribution in [-0.2, 0) is 0 Å². The quantitative estimate of drug-likeness (QED) is 0.828. The number of aliphatic hydroxyl groups is 1. The molecule has 0 saturated carbocycles. The lowest BCUT2D eigenvalue weighted by Crippen LogP contribution is -2.27. The van der Waals surface area contributed by atoms with E-state index < -0.39 is 23.5 Å². The molecule has 0 bridgehead atoms. The molecule has 2 aromatic carbocycles. The molecular formula is C16H16F3NO. The molecule has 2 nitrogen and oxygen atoms in total. The molecule has 2 rings (SSSR count). The Labute approximate surface area is 121 Å². The van der Waals surface area contributed by atoms with Gasteiger partial charge in [-0.2, -0.15) is 0 Å². The van der Waals surface area contributed by atoms with Crippen molar-refractivity contribution in [2.45, 2.75) is 19.0 Å². The summed E-state index contributed by atoms with van der Waals surface area (Å²) in [5.74, 6) is -4.04. The highest BCUT2D eigenvalue weighted by Gasteiger charge is 2.19. The summed E-state index contributed by atoms with van der Waals surface area (Å²) in [5.41, 5.74) is 1.13. The van der Waals surface area contributed by atoms with Gasteiger partial charge in [0, 0.05) is 6.04 Å². The van der Waals surface area contributed by atoms with Crippen LogP contribution in [0.25, 0.3) is 0 Å². The van der Waals surface area contributed by atoms with Crippen molar-refractivity contribution in [3.63, 3.8) is 0 Å². The number of hydrogen-bond acceptors (Lipinski definition) is 2. The normalized spacial score (nSPS) is 14.0. The fourth-order valence-electron chi connectivity index (χ4n) is 2.17. The first-order valence-electron chi connectivity index (χ1n) is 6.59. The minimum Gasteiger partial charge on any atom is -0.394 e. The fourth-order valence-corrected chi connectivity index (χ4v) is 2.17. The summed E-state index contributed by atoms with van der Waals surface area (Å²) < 4.78 is 39.5. The number of rotatable bonds is 5. The van der Waals surface area contributed by atoms with Crippen LogP contribution in [-0.4, -0.2) is 11.7 Å². The molecule has 0 amide bonds. The molecule has 5 heteroatoms. The molecule has 0 aliphatic rings.